The van der Waals surface area contributed by atoms with Crippen LogP contribution in [0, 0.1) is 11.8 Å². The second kappa shape index (κ2) is 5.68. The average molecular weight is 242 g/mol. The normalized spacial score (nSPS) is 14.9. The molecule has 1 aromatic rings. The number of rotatable bonds is 1. The van der Waals surface area contributed by atoms with Gasteiger partial charge >= 0.3 is 0 Å². The molecular formula is C15H18N2O. The van der Waals surface area contributed by atoms with Gasteiger partial charge in [0, 0.05) is 6.07 Å². The minimum absolute atomic E-state index is 0.0631. The lowest BCUT2D eigenvalue weighted by atomic mass is 10.00. The van der Waals surface area contributed by atoms with Crippen molar-refractivity contribution in [2.45, 2.75) is 45.6 Å². The van der Waals surface area contributed by atoms with Crippen LogP contribution in [0.25, 0.3) is 0 Å². The molecule has 0 unspecified atom stereocenters. The number of allylic oxidation sites excluding steroid dienone is 2. The summed E-state index contributed by atoms with van der Waals surface area (Å²) < 4.78 is 1.47. The van der Waals surface area contributed by atoms with Gasteiger partial charge in [0.15, 0.2) is 0 Å². The van der Waals surface area contributed by atoms with Gasteiger partial charge in [0.25, 0.3) is 5.56 Å². The fourth-order valence-electron chi connectivity index (χ4n) is 1.96. The van der Waals surface area contributed by atoms with E-state index in [4.69, 9.17) is 0 Å². The van der Waals surface area contributed by atoms with Crippen molar-refractivity contribution in [2.24, 2.45) is 0 Å². The van der Waals surface area contributed by atoms with Crippen LogP contribution in [0.1, 0.15) is 51.3 Å². The van der Waals surface area contributed by atoms with E-state index in [0.29, 0.717) is 5.69 Å². The van der Waals surface area contributed by atoms with Crippen LogP contribution in [0.2, 0.25) is 0 Å². The van der Waals surface area contributed by atoms with Crippen LogP contribution < -0.4 is 5.56 Å². The molecule has 2 rings (SSSR count). The zero-order chi connectivity index (χ0) is 13.0. The second-order valence-corrected chi connectivity index (χ2v) is 4.82. The predicted octanol–water partition coefficient (Wildman–Crippen LogP) is 2.68. The van der Waals surface area contributed by atoms with E-state index in [1.54, 1.807) is 6.07 Å². The smallest absolute Gasteiger partial charge is 0.267 e. The van der Waals surface area contributed by atoms with E-state index >= 15 is 0 Å². The molecule has 1 aliphatic rings. The summed E-state index contributed by atoms with van der Waals surface area (Å²) in [4.78, 5) is 11.6. The van der Waals surface area contributed by atoms with Gasteiger partial charge in [0.05, 0.1) is 6.04 Å². The molecule has 0 radical (unpaired) electrons. The van der Waals surface area contributed by atoms with Crippen molar-refractivity contribution >= 4 is 0 Å². The van der Waals surface area contributed by atoms with Crippen LogP contribution in [-0.4, -0.2) is 9.78 Å². The molecule has 0 saturated carbocycles. The molecule has 0 aromatic carbocycles. The third-order valence-corrected chi connectivity index (χ3v) is 2.96. The van der Waals surface area contributed by atoms with Crippen molar-refractivity contribution in [3.63, 3.8) is 0 Å². The van der Waals surface area contributed by atoms with Crippen LogP contribution in [0.15, 0.2) is 28.6 Å². The molecule has 1 heterocycles. The predicted molar refractivity (Wildman–Crippen MR) is 72.3 cm³/mol. The minimum atomic E-state index is -0.0765. The first-order valence-corrected chi connectivity index (χ1v) is 6.48. The average Bonchev–Trinajstić information content (AvgIpc) is 2.38. The summed E-state index contributed by atoms with van der Waals surface area (Å²) >= 11 is 0. The van der Waals surface area contributed by atoms with Gasteiger partial charge in [-0.25, -0.2) is 4.68 Å². The summed E-state index contributed by atoms with van der Waals surface area (Å²) in [5.41, 5.74) is 1.78. The standard InChI is InChI=1S/C15H18N2O/c1-12(2)17-15(18)11-10-14(16-17)9-8-13-6-4-3-5-7-13/h6,10-12H,3-5,7H2,1-2H3. The summed E-state index contributed by atoms with van der Waals surface area (Å²) in [5, 5.41) is 4.26. The Morgan fingerprint density at radius 1 is 1.28 bits per heavy atom. The first kappa shape index (κ1) is 12.6. The zero-order valence-corrected chi connectivity index (χ0v) is 10.9. The minimum Gasteiger partial charge on any atom is -0.268 e. The molecule has 0 N–H and O–H groups in total. The van der Waals surface area contributed by atoms with Gasteiger partial charge in [-0.1, -0.05) is 12.0 Å². The fraction of sp³-hybridized carbons (Fsp3) is 0.467. The maximum Gasteiger partial charge on any atom is 0.267 e. The molecule has 3 nitrogen and oxygen atoms in total. The Morgan fingerprint density at radius 3 is 2.78 bits per heavy atom. The van der Waals surface area contributed by atoms with E-state index in [1.165, 1.54) is 29.2 Å². The molecule has 0 saturated heterocycles. The summed E-state index contributed by atoms with van der Waals surface area (Å²) in [6.07, 6.45) is 6.88. The van der Waals surface area contributed by atoms with Crippen LogP contribution in [0.5, 0.6) is 0 Å². The van der Waals surface area contributed by atoms with Crippen molar-refractivity contribution < 1.29 is 0 Å². The van der Waals surface area contributed by atoms with Gasteiger partial charge in [0.2, 0.25) is 0 Å². The number of hydrogen-bond donors (Lipinski definition) is 0. The molecule has 1 aliphatic carbocycles. The largest absolute Gasteiger partial charge is 0.268 e. The summed E-state index contributed by atoms with van der Waals surface area (Å²) in [5.74, 6) is 6.20. The van der Waals surface area contributed by atoms with Crippen molar-refractivity contribution in [1.82, 2.24) is 9.78 Å². The lowest BCUT2D eigenvalue weighted by Crippen LogP contribution is -2.24. The molecule has 1 aromatic heterocycles. The van der Waals surface area contributed by atoms with Crippen molar-refractivity contribution in [1.29, 1.82) is 0 Å². The number of hydrogen-bond acceptors (Lipinski definition) is 2. The van der Waals surface area contributed by atoms with E-state index in [2.05, 4.69) is 23.0 Å². The van der Waals surface area contributed by atoms with Crippen LogP contribution in [-0.2, 0) is 0 Å². The molecule has 18 heavy (non-hydrogen) atoms. The topological polar surface area (TPSA) is 34.9 Å². The molecule has 0 spiro atoms. The van der Waals surface area contributed by atoms with Crippen molar-refractivity contribution in [3.8, 4) is 11.8 Å². The Bertz CT molecular complexity index is 570. The van der Waals surface area contributed by atoms with Crippen LogP contribution >= 0.6 is 0 Å². The van der Waals surface area contributed by atoms with E-state index in [1.807, 2.05) is 13.8 Å². The molecular weight excluding hydrogens is 224 g/mol. The highest BCUT2D eigenvalue weighted by atomic mass is 16.1. The first-order valence-electron chi connectivity index (χ1n) is 6.48. The summed E-state index contributed by atoms with van der Waals surface area (Å²) in [7, 11) is 0. The Hall–Kier alpha value is -1.82. The van der Waals surface area contributed by atoms with Gasteiger partial charge in [-0.15, -0.1) is 0 Å². The SMILES string of the molecule is CC(C)n1nc(C#CC2=CCCCC2)ccc1=O. The number of nitrogens with zero attached hydrogens (tertiary/aromatic N) is 2. The highest BCUT2D eigenvalue weighted by Gasteiger charge is 2.03. The number of aromatic nitrogens is 2. The Kier molecular flexibility index (Phi) is 3.99. The maximum atomic E-state index is 11.6. The van der Waals surface area contributed by atoms with Crippen molar-refractivity contribution in [3.05, 3.63) is 39.8 Å². The van der Waals surface area contributed by atoms with Gasteiger partial charge in [-0.2, -0.15) is 5.10 Å². The Labute approximate surface area is 108 Å². The van der Waals surface area contributed by atoms with Gasteiger partial charge in [0.1, 0.15) is 5.69 Å². The third kappa shape index (κ3) is 3.10. The monoisotopic (exact) mass is 242 g/mol. The second-order valence-electron chi connectivity index (χ2n) is 4.82. The van der Waals surface area contributed by atoms with E-state index in [9.17, 15) is 4.79 Å². The van der Waals surface area contributed by atoms with Crippen molar-refractivity contribution in [2.75, 3.05) is 0 Å². The molecule has 94 valence electrons. The summed E-state index contributed by atoms with van der Waals surface area (Å²) in [6, 6.07) is 3.29. The zero-order valence-electron chi connectivity index (χ0n) is 10.9. The lowest BCUT2D eigenvalue weighted by molar-refractivity contribution is 0.500. The molecule has 3 heteroatoms. The van der Waals surface area contributed by atoms with Gasteiger partial charge in [-0.3, -0.25) is 4.79 Å². The molecule has 0 fully saturated rings. The summed E-state index contributed by atoms with van der Waals surface area (Å²) in [6.45, 7) is 3.88. The highest BCUT2D eigenvalue weighted by molar-refractivity contribution is 5.37. The fourth-order valence-corrected chi connectivity index (χ4v) is 1.96. The molecule has 0 aliphatic heterocycles. The van der Waals surface area contributed by atoms with E-state index < -0.39 is 0 Å². The quantitative estimate of drug-likeness (QED) is 0.710. The van der Waals surface area contributed by atoms with Crippen LogP contribution in [0.4, 0.5) is 0 Å². The molecule has 0 bridgehead atoms. The maximum absolute atomic E-state index is 11.6. The highest BCUT2D eigenvalue weighted by Crippen LogP contribution is 2.16. The molecule has 0 atom stereocenters. The van der Waals surface area contributed by atoms with Gasteiger partial charge in [-0.05, 0) is 57.1 Å². The van der Waals surface area contributed by atoms with E-state index in [-0.39, 0.29) is 11.6 Å². The lowest BCUT2D eigenvalue weighted by Gasteiger charge is -2.07. The van der Waals surface area contributed by atoms with E-state index in [0.717, 1.165) is 12.8 Å². The first-order chi connectivity index (χ1) is 8.66. The van der Waals surface area contributed by atoms with Gasteiger partial charge < -0.3 is 0 Å². The Balaban J connectivity index is 2.25. The third-order valence-electron chi connectivity index (χ3n) is 2.96. The molecule has 0 amide bonds. The Morgan fingerprint density at radius 2 is 2.11 bits per heavy atom. The van der Waals surface area contributed by atoms with Crippen LogP contribution in [0.3, 0.4) is 0 Å².